The van der Waals surface area contributed by atoms with Gasteiger partial charge in [0.1, 0.15) is 29.1 Å². The molecule has 37 heavy (non-hydrogen) atoms. The van der Waals surface area contributed by atoms with Gasteiger partial charge in [-0.1, -0.05) is 24.3 Å². The predicted molar refractivity (Wildman–Crippen MR) is 132 cm³/mol. The monoisotopic (exact) mass is 513 g/mol. The molecule has 198 valence electrons. The van der Waals surface area contributed by atoms with Crippen LogP contribution in [-0.4, -0.2) is 79.7 Å². The number of esters is 1. The topological polar surface area (TPSA) is 177 Å². The van der Waals surface area contributed by atoms with Crippen molar-refractivity contribution in [1.29, 1.82) is 0 Å². The first-order valence-corrected chi connectivity index (χ1v) is 11.8. The van der Waals surface area contributed by atoms with Crippen molar-refractivity contribution in [2.75, 3.05) is 11.9 Å². The lowest BCUT2D eigenvalue weighted by molar-refractivity contribution is -0.184. The van der Waals surface area contributed by atoms with Crippen LogP contribution in [-0.2, 0) is 4.74 Å². The van der Waals surface area contributed by atoms with Crippen molar-refractivity contribution in [2.45, 2.75) is 62.6 Å². The molecule has 0 radical (unpaired) electrons. The SMILES string of the molecule is CC(=O)c1cccc(NC2[C@@H]3NC(=O)N[C@]3(C(C)O)[C@@](C)(O)[C@@]2(O)COC(=O)c2c(C)cccc2O)c1. The highest BCUT2D eigenvalue weighted by atomic mass is 16.5. The molecule has 1 aliphatic carbocycles. The highest BCUT2D eigenvalue weighted by Crippen LogP contribution is 2.51. The normalized spacial score (nSPS) is 31.2. The minimum atomic E-state index is -2.28. The van der Waals surface area contributed by atoms with E-state index in [4.69, 9.17) is 4.74 Å². The number of hydrogen-bond donors (Lipinski definition) is 7. The molecule has 2 unspecified atom stereocenters. The number of aliphatic hydroxyl groups is 3. The van der Waals surface area contributed by atoms with E-state index < -0.39 is 53.5 Å². The molecular weight excluding hydrogens is 482 g/mol. The number of phenols is 1. The molecule has 2 fully saturated rings. The van der Waals surface area contributed by atoms with Crippen molar-refractivity contribution >= 4 is 23.5 Å². The second kappa shape index (κ2) is 9.02. The predicted octanol–water partition coefficient (Wildman–Crippen LogP) is 0.837. The molecule has 1 saturated heterocycles. The number of carbonyl (C=O) groups excluding carboxylic acids is 3. The largest absolute Gasteiger partial charge is 0.507 e. The smallest absolute Gasteiger partial charge is 0.342 e. The molecule has 11 nitrogen and oxygen atoms in total. The first-order valence-electron chi connectivity index (χ1n) is 11.8. The van der Waals surface area contributed by atoms with E-state index in [0.717, 1.165) is 0 Å². The summed E-state index contributed by atoms with van der Waals surface area (Å²) in [6.45, 7) is 4.85. The third kappa shape index (κ3) is 3.90. The van der Waals surface area contributed by atoms with E-state index >= 15 is 0 Å². The van der Waals surface area contributed by atoms with Gasteiger partial charge in [-0.25, -0.2) is 9.59 Å². The van der Waals surface area contributed by atoms with Crippen LogP contribution >= 0.6 is 0 Å². The Morgan fingerprint density at radius 1 is 1.19 bits per heavy atom. The summed E-state index contributed by atoms with van der Waals surface area (Å²) in [5.41, 5.74) is -5.20. The number of anilines is 1. The molecule has 2 amide bonds. The number of carbonyl (C=O) groups is 3. The highest BCUT2D eigenvalue weighted by Gasteiger charge is 2.79. The zero-order chi connectivity index (χ0) is 27.3. The Kier molecular flexibility index (Phi) is 6.43. The van der Waals surface area contributed by atoms with Gasteiger partial charge in [-0.15, -0.1) is 0 Å². The van der Waals surface area contributed by atoms with Gasteiger partial charge in [0.05, 0.1) is 18.2 Å². The van der Waals surface area contributed by atoms with Gasteiger partial charge >= 0.3 is 12.0 Å². The molecule has 0 bridgehead atoms. The lowest BCUT2D eigenvalue weighted by Gasteiger charge is -2.46. The van der Waals surface area contributed by atoms with Crippen molar-refractivity contribution in [2.24, 2.45) is 0 Å². The van der Waals surface area contributed by atoms with Gasteiger partial charge in [0.15, 0.2) is 11.4 Å². The zero-order valence-corrected chi connectivity index (χ0v) is 20.9. The zero-order valence-electron chi connectivity index (χ0n) is 20.9. The summed E-state index contributed by atoms with van der Waals surface area (Å²) < 4.78 is 5.43. The van der Waals surface area contributed by atoms with Gasteiger partial charge in [-0.3, -0.25) is 4.79 Å². The van der Waals surface area contributed by atoms with E-state index in [1.165, 1.54) is 26.8 Å². The van der Waals surface area contributed by atoms with E-state index in [0.29, 0.717) is 16.8 Å². The van der Waals surface area contributed by atoms with Crippen molar-refractivity contribution in [1.82, 2.24) is 10.6 Å². The quantitative estimate of drug-likeness (QED) is 0.209. The van der Waals surface area contributed by atoms with Crippen LogP contribution in [0.5, 0.6) is 5.75 Å². The second-order valence-corrected chi connectivity index (χ2v) is 9.92. The van der Waals surface area contributed by atoms with Crippen molar-refractivity contribution in [3.05, 3.63) is 59.2 Å². The van der Waals surface area contributed by atoms with E-state index in [9.17, 15) is 34.8 Å². The summed E-state index contributed by atoms with van der Waals surface area (Å²) in [6.07, 6.45) is -1.36. The summed E-state index contributed by atoms with van der Waals surface area (Å²) in [7, 11) is 0. The maximum Gasteiger partial charge on any atom is 0.342 e. The average molecular weight is 514 g/mol. The number of aliphatic hydroxyl groups excluding tert-OH is 1. The van der Waals surface area contributed by atoms with Crippen LogP contribution in [0, 0.1) is 6.92 Å². The fourth-order valence-corrected chi connectivity index (χ4v) is 5.64. The highest BCUT2D eigenvalue weighted by molar-refractivity contribution is 5.95. The minimum absolute atomic E-state index is 0.0979. The van der Waals surface area contributed by atoms with Gasteiger partial charge in [0.2, 0.25) is 0 Å². The Hall–Kier alpha value is -3.67. The van der Waals surface area contributed by atoms with Gasteiger partial charge in [0.25, 0.3) is 0 Å². The maximum atomic E-state index is 12.9. The molecule has 1 aliphatic heterocycles. The number of hydrogen-bond acceptors (Lipinski definition) is 9. The molecule has 2 aliphatic rings. The number of rotatable bonds is 7. The van der Waals surface area contributed by atoms with Gasteiger partial charge < -0.3 is 41.1 Å². The average Bonchev–Trinajstić information content (AvgIpc) is 3.24. The lowest BCUT2D eigenvalue weighted by atomic mass is 9.74. The number of aromatic hydroxyl groups is 1. The van der Waals surface area contributed by atoms with Crippen LogP contribution < -0.4 is 16.0 Å². The first kappa shape index (κ1) is 26.4. The Bertz CT molecular complexity index is 1240. The lowest BCUT2D eigenvalue weighted by Crippen LogP contribution is -2.72. The molecule has 1 heterocycles. The number of urea groups is 1. The maximum absolute atomic E-state index is 12.9. The number of nitrogens with one attached hydrogen (secondary N) is 3. The van der Waals surface area contributed by atoms with Crippen LogP contribution in [0.1, 0.15) is 47.1 Å². The van der Waals surface area contributed by atoms with Crippen LogP contribution in [0.4, 0.5) is 10.5 Å². The number of amides is 2. The van der Waals surface area contributed by atoms with Gasteiger partial charge in [0, 0.05) is 11.3 Å². The molecule has 0 spiro atoms. The van der Waals surface area contributed by atoms with Crippen molar-refractivity contribution < 1.29 is 39.5 Å². The number of benzene rings is 2. The molecule has 0 aromatic heterocycles. The number of Topliss-reactive ketones (excluding diaryl/α,β-unsaturated/α-hetero) is 1. The Morgan fingerprint density at radius 3 is 2.49 bits per heavy atom. The van der Waals surface area contributed by atoms with Crippen LogP contribution in [0.25, 0.3) is 0 Å². The molecule has 1 saturated carbocycles. The molecule has 2 aromatic rings. The number of fused-ring (bicyclic) bond motifs is 1. The van der Waals surface area contributed by atoms with Gasteiger partial charge in [-0.05, 0) is 51.5 Å². The van der Waals surface area contributed by atoms with E-state index in [2.05, 4.69) is 16.0 Å². The number of ether oxygens (including phenoxy) is 1. The number of ketones is 1. The van der Waals surface area contributed by atoms with E-state index in [1.54, 1.807) is 43.3 Å². The van der Waals surface area contributed by atoms with Crippen LogP contribution in [0.15, 0.2) is 42.5 Å². The Balaban J connectivity index is 1.76. The fraction of sp³-hybridized carbons (Fsp3) is 0.423. The molecule has 4 rings (SSSR count). The van der Waals surface area contributed by atoms with Gasteiger partial charge in [-0.2, -0.15) is 0 Å². The molecule has 6 atom stereocenters. The molecule has 7 N–H and O–H groups in total. The fourth-order valence-electron chi connectivity index (χ4n) is 5.64. The second-order valence-electron chi connectivity index (χ2n) is 9.92. The first-order chi connectivity index (χ1) is 17.3. The number of phenolic OH excluding ortho intramolecular Hbond substituents is 1. The molecule has 2 aromatic carbocycles. The van der Waals surface area contributed by atoms with E-state index in [-0.39, 0.29) is 17.1 Å². The summed E-state index contributed by atoms with van der Waals surface area (Å²) in [6, 6.07) is 7.95. The third-order valence-corrected chi connectivity index (χ3v) is 7.72. The summed E-state index contributed by atoms with van der Waals surface area (Å²) in [4.78, 5) is 37.2. The van der Waals surface area contributed by atoms with Crippen molar-refractivity contribution in [3.8, 4) is 5.75 Å². The summed E-state index contributed by atoms with van der Waals surface area (Å²) in [5.74, 6) is -1.44. The number of aryl methyl sites for hydroxylation is 1. The Labute approximate surface area is 213 Å². The summed E-state index contributed by atoms with van der Waals surface area (Å²) in [5, 5.41) is 53.1. The van der Waals surface area contributed by atoms with Crippen molar-refractivity contribution in [3.63, 3.8) is 0 Å². The molecule has 11 heteroatoms. The van der Waals surface area contributed by atoms with E-state index in [1.807, 2.05) is 0 Å². The standard InChI is InChI=1S/C26H31N3O8/c1-13-7-5-10-18(32)19(13)22(33)37-12-25(36)20(27-17-9-6-8-16(11-17)14(2)30)21-26(15(3)31,24(25,4)35)29-23(34)28-21/h5-11,15,20-21,27,31-32,35-36H,12H2,1-4H3,(H2,28,29,34)/t15?,20?,21-,24-,25+,26-/m0/s1. The third-order valence-electron chi connectivity index (χ3n) is 7.72. The van der Waals surface area contributed by atoms with Crippen LogP contribution in [0.2, 0.25) is 0 Å². The molecular formula is C26H31N3O8. The minimum Gasteiger partial charge on any atom is -0.507 e. The summed E-state index contributed by atoms with van der Waals surface area (Å²) >= 11 is 0. The van der Waals surface area contributed by atoms with Crippen LogP contribution in [0.3, 0.4) is 0 Å². The Morgan fingerprint density at radius 2 is 1.86 bits per heavy atom.